The van der Waals surface area contributed by atoms with Crippen molar-refractivity contribution in [2.75, 3.05) is 0 Å². The highest BCUT2D eigenvalue weighted by molar-refractivity contribution is 6.00. The van der Waals surface area contributed by atoms with E-state index in [4.69, 9.17) is 4.74 Å². The third-order valence-electron chi connectivity index (χ3n) is 5.04. The van der Waals surface area contributed by atoms with Crippen LogP contribution in [0.3, 0.4) is 0 Å². The van der Waals surface area contributed by atoms with Crippen molar-refractivity contribution in [3.05, 3.63) is 35.9 Å². The number of benzene rings is 1. The van der Waals surface area contributed by atoms with Gasteiger partial charge in [-0.25, -0.2) is 0 Å². The topological polar surface area (TPSA) is 83.8 Å². The van der Waals surface area contributed by atoms with Crippen molar-refractivity contribution in [3.8, 4) is 0 Å². The largest absolute Gasteiger partial charge is 0.480 e. The second kappa shape index (κ2) is 8.29. The van der Waals surface area contributed by atoms with Gasteiger partial charge in [0.15, 0.2) is 5.41 Å². The molecule has 1 aliphatic rings. The Kier molecular flexibility index (Phi) is 6.37. The van der Waals surface area contributed by atoms with E-state index in [1.54, 1.807) is 0 Å². The normalized spacial score (nSPS) is 21.9. The SMILES string of the molecule is CCCCCCC1C(OCc2ccccc2)CC1(C(=O)O)C(=O)O. The van der Waals surface area contributed by atoms with Gasteiger partial charge >= 0.3 is 11.9 Å². The molecule has 1 aromatic rings. The summed E-state index contributed by atoms with van der Waals surface area (Å²) in [6.07, 6.45) is 4.32. The molecule has 5 heteroatoms. The van der Waals surface area contributed by atoms with Gasteiger partial charge in [0, 0.05) is 12.3 Å². The van der Waals surface area contributed by atoms with Crippen LogP contribution in [0.1, 0.15) is 51.0 Å². The Hall–Kier alpha value is -1.88. The minimum atomic E-state index is -1.69. The summed E-state index contributed by atoms with van der Waals surface area (Å²) in [6.45, 7) is 2.49. The number of hydrogen-bond acceptors (Lipinski definition) is 3. The number of hydrogen-bond donors (Lipinski definition) is 2. The van der Waals surface area contributed by atoms with E-state index in [-0.39, 0.29) is 12.5 Å². The van der Waals surface area contributed by atoms with Crippen molar-refractivity contribution in [2.45, 2.75) is 58.2 Å². The second-order valence-electron chi connectivity index (χ2n) is 6.58. The number of carbonyl (C=O) groups is 2. The van der Waals surface area contributed by atoms with Crippen molar-refractivity contribution in [2.24, 2.45) is 11.3 Å². The molecule has 2 rings (SSSR count). The van der Waals surface area contributed by atoms with Crippen LogP contribution in [-0.2, 0) is 20.9 Å². The Bertz CT molecular complexity index is 540. The average Bonchev–Trinajstić information content (AvgIpc) is 2.54. The zero-order valence-electron chi connectivity index (χ0n) is 14.1. The number of carboxylic acids is 2. The molecule has 5 nitrogen and oxygen atoms in total. The molecule has 0 saturated heterocycles. The third kappa shape index (κ3) is 3.78. The average molecular weight is 334 g/mol. The van der Waals surface area contributed by atoms with Crippen LogP contribution in [0.15, 0.2) is 30.3 Å². The highest BCUT2D eigenvalue weighted by Crippen LogP contribution is 2.51. The van der Waals surface area contributed by atoms with Gasteiger partial charge in [-0.3, -0.25) is 9.59 Å². The van der Waals surface area contributed by atoms with Gasteiger partial charge in [0.05, 0.1) is 12.7 Å². The molecular weight excluding hydrogens is 308 g/mol. The Morgan fingerprint density at radius 2 is 1.79 bits per heavy atom. The molecule has 0 spiro atoms. The fourth-order valence-corrected chi connectivity index (χ4v) is 3.53. The molecular formula is C19H26O5. The van der Waals surface area contributed by atoms with Crippen LogP contribution in [0.5, 0.6) is 0 Å². The van der Waals surface area contributed by atoms with Gasteiger partial charge in [-0.2, -0.15) is 0 Å². The fraction of sp³-hybridized carbons (Fsp3) is 0.579. The van der Waals surface area contributed by atoms with E-state index >= 15 is 0 Å². The van der Waals surface area contributed by atoms with Gasteiger partial charge in [0.1, 0.15) is 0 Å². The minimum absolute atomic E-state index is 0.0446. The van der Waals surface area contributed by atoms with Gasteiger partial charge in [0.25, 0.3) is 0 Å². The first-order valence-electron chi connectivity index (χ1n) is 8.64. The van der Waals surface area contributed by atoms with Crippen molar-refractivity contribution >= 4 is 11.9 Å². The molecule has 0 bridgehead atoms. The summed E-state index contributed by atoms with van der Waals surface area (Å²) in [6, 6.07) is 9.64. The lowest BCUT2D eigenvalue weighted by molar-refractivity contribution is -0.204. The maximum atomic E-state index is 11.6. The standard InChI is InChI=1S/C19H26O5/c1-2-3-4-8-11-15-16(12-19(15,17(20)21)18(22)23)24-13-14-9-6-5-7-10-14/h5-7,9-10,15-16H,2-4,8,11-13H2,1H3,(H,20,21)(H,22,23). The van der Waals surface area contributed by atoms with Crippen molar-refractivity contribution in [1.82, 2.24) is 0 Å². The number of carboxylic acid groups (broad SMARTS) is 2. The van der Waals surface area contributed by atoms with Crippen molar-refractivity contribution in [1.29, 1.82) is 0 Å². The van der Waals surface area contributed by atoms with Gasteiger partial charge in [-0.1, -0.05) is 62.9 Å². The van der Waals surface area contributed by atoms with Gasteiger partial charge in [-0.05, 0) is 12.0 Å². The third-order valence-corrected chi connectivity index (χ3v) is 5.04. The monoisotopic (exact) mass is 334 g/mol. The molecule has 1 aliphatic carbocycles. The summed E-state index contributed by atoms with van der Waals surface area (Å²) in [5.41, 5.74) is -0.682. The van der Waals surface area contributed by atoms with E-state index in [2.05, 4.69) is 6.92 Å². The Morgan fingerprint density at radius 3 is 2.38 bits per heavy atom. The van der Waals surface area contributed by atoms with E-state index in [0.717, 1.165) is 31.2 Å². The fourth-order valence-electron chi connectivity index (χ4n) is 3.53. The molecule has 2 N–H and O–H groups in total. The molecule has 0 amide bonds. The quantitative estimate of drug-likeness (QED) is 0.503. The Morgan fingerprint density at radius 1 is 1.12 bits per heavy atom. The predicted octanol–water partition coefficient (Wildman–Crippen LogP) is 3.72. The van der Waals surface area contributed by atoms with Gasteiger partial charge < -0.3 is 14.9 Å². The first-order chi connectivity index (χ1) is 11.5. The molecule has 2 atom stereocenters. The molecule has 1 saturated carbocycles. The molecule has 132 valence electrons. The zero-order valence-corrected chi connectivity index (χ0v) is 14.1. The summed E-state index contributed by atoms with van der Waals surface area (Å²) in [5, 5.41) is 19.0. The van der Waals surface area contributed by atoms with Crippen LogP contribution in [0.25, 0.3) is 0 Å². The van der Waals surface area contributed by atoms with Crippen LogP contribution in [0.4, 0.5) is 0 Å². The van der Waals surface area contributed by atoms with Crippen molar-refractivity contribution < 1.29 is 24.5 Å². The van der Waals surface area contributed by atoms with E-state index < -0.39 is 23.3 Å². The minimum Gasteiger partial charge on any atom is -0.480 e. The lowest BCUT2D eigenvalue weighted by Gasteiger charge is -2.49. The van der Waals surface area contributed by atoms with E-state index in [1.165, 1.54) is 0 Å². The van der Waals surface area contributed by atoms with Crippen LogP contribution >= 0.6 is 0 Å². The molecule has 0 aromatic heterocycles. The molecule has 24 heavy (non-hydrogen) atoms. The summed E-state index contributed by atoms with van der Waals surface area (Å²) in [4.78, 5) is 23.3. The van der Waals surface area contributed by atoms with Crippen LogP contribution in [0, 0.1) is 11.3 Å². The lowest BCUT2D eigenvalue weighted by Crippen LogP contribution is -2.61. The summed E-state index contributed by atoms with van der Waals surface area (Å²) in [5.74, 6) is -2.95. The van der Waals surface area contributed by atoms with Crippen molar-refractivity contribution in [3.63, 3.8) is 0 Å². The predicted molar refractivity (Wildman–Crippen MR) is 89.6 cm³/mol. The van der Waals surface area contributed by atoms with Gasteiger partial charge in [0.2, 0.25) is 0 Å². The lowest BCUT2D eigenvalue weighted by atomic mass is 9.56. The molecule has 0 heterocycles. The maximum absolute atomic E-state index is 11.6. The smallest absolute Gasteiger partial charge is 0.321 e. The first-order valence-corrected chi connectivity index (χ1v) is 8.64. The zero-order chi connectivity index (χ0) is 17.6. The number of ether oxygens (including phenoxy) is 1. The maximum Gasteiger partial charge on any atom is 0.321 e. The Balaban J connectivity index is 2.01. The van der Waals surface area contributed by atoms with E-state index in [0.29, 0.717) is 13.0 Å². The summed E-state index contributed by atoms with van der Waals surface area (Å²) in [7, 11) is 0. The number of rotatable bonds is 10. The molecule has 0 radical (unpaired) electrons. The first kappa shape index (κ1) is 18.5. The molecule has 1 fully saturated rings. The van der Waals surface area contributed by atoms with Crippen LogP contribution in [-0.4, -0.2) is 28.3 Å². The molecule has 2 unspecified atom stereocenters. The van der Waals surface area contributed by atoms with E-state index in [9.17, 15) is 19.8 Å². The Labute approximate surface area is 142 Å². The highest BCUT2D eigenvalue weighted by Gasteiger charge is 2.64. The summed E-state index contributed by atoms with van der Waals surface area (Å²) >= 11 is 0. The van der Waals surface area contributed by atoms with Crippen LogP contribution in [0.2, 0.25) is 0 Å². The number of aliphatic carboxylic acids is 2. The van der Waals surface area contributed by atoms with Gasteiger partial charge in [-0.15, -0.1) is 0 Å². The second-order valence-corrected chi connectivity index (χ2v) is 6.58. The highest BCUT2D eigenvalue weighted by atomic mass is 16.5. The number of unbranched alkanes of at least 4 members (excludes halogenated alkanes) is 3. The van der Waals surface area contributed by atoms with Crippen LogP contribution < -0.4 is 0 Å². The summed E-state index contributed by atoms with van der Waals surface area (Å²) < 4.78 is 5.86. The molecule has 1 aromatic carbocycles. The molecule has 0 aliphatic heterocycles. The van der Waals surface area contributed by atoms with E-state index in [1.807, 2.05) is 30.3 Å².